The highest BCUT2D eigenvalue weighted by atomic mass is 32.1. The number of hydrogen-bond acceptors (Lipinski definition) is 6. The van der Waals surface area contributed by atoms with Crippen LogP contribution in [0.4, 0.5) is 0 Å². The fourth-order valence-corrected chi connectivity index (χ4v) is 4.75. The first-order valence-electron chi connectivity index (χ1n) is 8.90. The zero-order chi connectivity index (χ0) is 19.0. The SMILES string of the molecule is Cc1cc(C)cc(OCC(=O)OCc2nc3sc4c(c3c(=O)[nH]2)CCC4)c1. The van der Waals surface area contributed by atoms with Crippen molar-refractivity contribution in [2.24, 2.45) is 0 Å². The number of fused-ring (bicyclic) bond motifs is 3. The van der Waals surface area contributed by atoms with Crippen molar-refractivity contribution in [1.82, 2.24) is 9.97 Å². The van der Waals surface area contributed by atoms with Crippen LogP contribution in [-0.2, 0) is 29.0 Å². The first kappa shape index (κ1) is 17.7. The molecule has 7 heteroatoms. The van der Waals surface area contributed by atoms with E-state index in [0.29, 0.717) is 17.0 Å². The molecule has 6 nitrogen and oxygen atoms in total. The summed E-state index contributed by atoms with van der Waals surface area (Å²) in [5.41, 5.74) is 3.11. The highest BCUT2D eigenvalue weighted by molar-refractivity contribution is 7.18. The van der Waals surface area contributed by atoms with Crippen LogP contribution < -0.4 is 10.3 Å². The Balaban J connectivity index is 1.39. The number of thiophene rings is 1. The third-order valence-electron chi connectivity index (χ3n) is 4.55. The van der Waals surface area contributed by atoms with Crippen LogP contribution in [0.25, 0.3) is 10.2 Å². The van der Waals surface area contributed by atoms with Gasteiger partial charge in [0.25, 0.3) is 5.56 Å². The minimum Gasteiger partial charge on any atom is -0.482 e. The van der Waals surface area contributed by atoms with Crippen molar-refractivity contribution in [3.8, 4) is 5.75 Å². The zero-order valence-corrected chi connectivity index (χ0v) is 16.1. The number of nitrogens with zero attached hydrogens (tertiary/aromatic N) is 1. The van der Waals surface area contributed by atoms with Gasteiger partial charge in [-0.2, -0.15) is 0 Å². The smallest absolute Gasteiger partial charge is 0.344 e. The zero-order valence-electron chi connectivity index (χ0n) is 15.3. The summed E-state index contributed by atoms with van der Waals surface area (Å²) >= 11 is 1.56. The van der Waals surface area contributed by atoms with Crippen molar-refractivity contribution in [3.05, 3.63) is 55.9 Å². The Bertz CT molecular complexity index is 1060. The number of benzene rings is 1. The second-order valence-electron chi connectivity index (χ2n) is 6.82. The molecule has 2 heterocycles. The van der Waals surface area contributed by atoms with Gasteiger partial charge in [0, 0.05) is 4.88 Å². The number of carbonyl (C=O) groups is 1. The van der Waals surface area contributed by atoms with E-state index in [0.717, 1.165) is 40.8 Å². The van der Waals surface area contributed by atoms with E-state index in [2.05, 4.69) is 9.97 Å². The maximum atomic E-state index is 12.4. The lowest BCUT2D eigenvalue weighted by molar-refractivity contribution is -0.147. The maximum absolute atomic E-state index is 12.4. The molecule has 0 radical (unpaired) electrons. The molecule has 0 unspecified atom stereocenters. The number of ether oxygens (including phenoxy) is 2. The minimum atomic E-state index is -0.509. The van der Waals surface area contributed by atoms with Crippen LogP contribution in [0.5, 0.6) is 5.75 Å². The van der Waals surface area contributed by atoms with E-state index in [9.17, 15) is 9.59 Å². The Morgan fingerprint density at radius 1 is 1.22 bits per heavy atom. The van der Waals surface area contributed by atoms with Crippen LogP contribution in [0, 0.1) is 13.8 Å². The van der Waals surface area contributed by atoms with E-state index in [4.69, 9.17) is 9.47 Å². The third-order valence-corrected chi connectivity index (χ3v) is 5.73. The van der Waals surface area contributed by atoms with Crippen molar-refractivity contribution in [1.29, 1.82) is 0 Å². The van der Waals surface area contributed by atoms with Gasteiger partial charge in [0.15, 0.2) is 6.61 Å². The molecule has 140 valence electrons. The predicted octanol–water partition coefficient (Wildman–Crippen LogP) is 3.21. The highest BCUT2D eigenvalue weighted by Gasteiger charge is 2.21. The van der Waals surface area contributed by atoms with Gasteiger partial charge in [-0.15, -0.1) is 11.3 Å². The number of hydrogen-bond donors (Lipinski definition) is 1. The molecule has 0 atom stereocenters. The van der Waals surface area contributed by atoms with Gasteiger partial charge in [0.05, 0.1) is 5.39 Å². The summed E-state index contributed by atoms with van der Waals surface area (Å²) in [4.78, 5) is 33.5. The number of rotatable bonds is 5. The molecule has 0 spiro atoms. The van der Waals surface area contributed by atoms with E-state index >= 15 is 0 Å². The molecular formula is C20H20N2O4S. The van der Waals surface area contributed by atoms with E-state index < -0.39 is 5.97 Å². The van der Waals surface area contributed by atoms with Gasteiger partial charge in [0.2, 0.25) is 0 Å². The fraction of sp³-hybridized carbons (Fsp3) is 0.350. The van der Waals surface area contributed by atoms with Gasteiger partial charge >= 0.3 is 5.97 Å². The maximum Gasteiger partial charge on any atom is 0.344 e. The molecule has 0 saturated heterocycles. The summed E-state index contributed by atoms with van der Waals surface area (Å²) in [5.74, 6) is 0.475. The molecule has 0 saturated carbocycles. The Hall–Kier alpha value is -2.67. The van der Waals surface area contributed by atoms with Gasteiger partial charge in [0.1, 0.15) is 23.0 Å². The second kappa shape index (κ2) is 7.15. The average Bonchev–Trinajstić information content (AvgIpc) is 3.17. The molecule has 1 aromatic carbocycles. The van der Waals surface area contributed by atoms with E-state index in [1.165, 1.54) is 4.88 Å². The molecule has 2 aromatic heterocycles. The molecule has 4 rings (SSSR count). The molecule has 27 heavy (non-hydrogen) atoms. The van der Waals surface area contributed by atoms with Crippen LogP contribution in [0.3, 0.4) is 0 Å². The normalized spacial score (nSPS) is 13.0. The number of aromatic nitrogens is 2. The molecule has 3 aromatic rings. The van der Waals surface area contributed by atoms with Crippen LogP contribution >= 0.6 is 11.3 Å². The summed E-state index contributed by atoms with van der Waals surface area (Å²) in [6, 6.07) is 5.76. The lowest BCUT2D eigenvalue weighted by Gasteiger charge is -2.08. The average molecular weight is 384 g/mol. The number of carbonyl (C=O) groups excluding carboxylic acids is 1. The van der Waals surface area contributed by atoms with Crippen molar-refractivity contribution in [2.75, 3.05) is 6.61 Å². The molecule has 0 bridgehead atoms. The van der Waals surface area contributed by atoms with Crippen molar-refractivity contribution in [2.45, 2.75) is 39.7 Å². The van der Waals surface area contributed by atoms with Gasteiger partial charge in [-0.3, -0.25) is 4.79 Å². The van der Waals surface area contributed by atoms with Crippen LogP contribution in [0.1, 0.15) is 33.8 Å². The van der Waals surface area contributed by atoms with E-state index in [1.54, 1.807) is 11.3 Å². The minimum absolute atomic E-state index is 0.0806. The topological polar surface area (TPSA) is 81.3 Å². The monoisotopic (exact) mass is 384 g/mol. The molecule has 1 N–H and O–H groups in total. The predicted molar refractivity (Wildman–Crippen MR) is 103 cm³/mol. The summed E-state index contributed by atoms with van der Waals surface area (Å²) < 4.78 is 10.7. The Labute approximate surface area is 160 Å². The molecular weight excluding hydrogens is 364 g/mol. The van der Waals surface area contributed by atoms with Crippen molar-refractivity contribution >= 4 is 27.5 Å². The third kappa shape index (κ3) is 3.73. The lowest BCUT2D eigenvalue weighted by atomic mass is 10.1. The lowest BCUT2D eigenvalue weighted by Crippen LogP contribution is -2.18. The van der Waals surface area contributed by atoms with E-state index in [-0.39, 0.29) is 18.8 Å². The van der Waals surface area contributed by atoms with Crippen molar-refractivity contribution < 1.29 is 14.3 Å². The summed E-state index contributed by atoms with van der Waals surface area (Å²) in [6.45, 7) is 3.67. The van der Waals surface area contributed by atoms with Gasteiger partial charge < -0.3 is 14.5 Å². The number of nitrogens with one attached hydrogen (secondary N) is 1. The molecule has 1 aliphatic carbocycles. The first-order valence-corrected chi connectivity index (χ1v) is 9.71. The first-order chi connectivity index (χ1) is 13.0. The summed E-state index contributed by atoms with van der Waals surface area (Å²) in [5, 5.41) is 0.695. The van der Waals surface area contributed by atoms with Gasteiger partial charge in [-0.05, 0) is 61.9 Å². The molecule has 0 aliphatic heterocycles. The standard InChI is InChI=1S/C20H20N2O4S/c1-11-6-12(2)8-13(7-11)25-10-17(23)26-9-16-21-19(24)18-14-4-3-5-15(14)27-20(18)22-16/h6-8H,3-5,9-10H2,1-2H3,(H,21,22,24). The Morgan fingerprint density at radius 3 is 2.78 bits per heavy atom. The van der Waals surface area contributed by atoms with Gasteiger partial charge in [-0.1, -0.05) is 6.07 Å². The van der Waals surface area contributed by atoms with Crippen LogP contribution in [0.15, 0.2) is 23.0 Å². The number of H-pyrrole nitrogens is 1. The highest BCUT2D eigenvalue weighted by Crippen LogP contribution is 2.34. The molecule has 0 amide bonds. The Morgan fingerprint density at radius 2 is 2.00 bits per heavy atom. The van der Waals surface area contributed by atoms with E-state index in [1.807, 2.05) is 32.0 Å². The number of esters is 1. The quantitative estimate of drug-likeness (QED) is 0.683. The van der Waals surface area contributed by atoms with Crippen molar-refractivity contribution in [3.63, 3.8) is 0 Å². The summed E-state index contributed by atoms with van der Waals surface area (Å²) in [6.07, 6.45) is 3.04. The molecule has 0 fully saturated rings. The van der Waals surface area contributed by atoms with Gasteiger partial charge in [-0.25, -0.2) is 9.78 Å². The number of aryl methyl sites for hydroxylation is 4. The molecule has 1 aliphatic rings. The fourth-order valence-electron chi connectivity index (χ4n) is 3.46. The largest absolute Gasteiger partial charge is 0.482 e. The second-order valence-corrected chi connectivity index (χ2v) is 7.91. The summed E-state index contributed by atoms with van der Waals surface area (Å²) in [7, 11) is 0. The number of aromatic amines is 1. The van der Waals surface area contributed by atoms with Crippen LogP contribution in [-0.4, -0.2) is 22.5 Å². The van der Waals surface area contributed by atoms with Crippen LogP contribution in [0.2, 0.25) is 0 Å². The Kier molecular flexibility index (Phi) is 4.70.